The van der Waals surface area contributed by atoms with Gasteiger partial charge in [0.05, 0.1) is 6.61 Å². The highest BCUT2D eigenvalue weighted by Gasteiger charge is 2.49. The van der Waals surface area contributed by atoms with Gasteiger partial charge in [0.1, 0.15) is 5.82 Å². The highest BCUT2D eigenvalue weighted by Crippen LogP contribution is 2.42. The number of aryl methyl sites for hydroxylation is 1. The van der Waals surface area contributed by atoms with Crippen LogP contribution >= 0.6 is 0 Å². The molecule has 0 aromatic heterocycles. The van der Waals surface area contributed by atoms with E-state index in [1.165, 1.54) is 34.4 Å². The van der Waals surface area contributed by atoms with Crippen LogP contribution in [-0.4, -0.2) is 59.3 Å². The first-order chi connectivity index (χ1) is 17.0. The lowest BCUT2D eigenvalue weighted by molar-refractivity contribution is -0.0585. The lowest BCUT2D eigenvalue weighted by atomic mass is 9.74. The highest BCUT2D eigenvalue weighted by atomic mass is 19.1. The molecule has 5 rings (SSSR count). The Bertz CT molecular complexity index is 1180. The van der Waals surface area contributed by atoms with Crippen molar-refractivity contribution < 1.29 is 14.3 Å². The van der Waals surface area contributed by atoms with Crippen molar-refractivity contribution in [3.8, 4) is 11.1 Å². The van der Waals surface area contributed by atoms with E-state index in [0.29, 0.717) is 18.8 Å². The number of carbonyl (C=O) groups excluding carboxylic acids is 1. The zero-order valence-corrected chi connectivity index (χ0v) is 20.0. The van der Waals surface area contributed by atoms with Crippen molar-refractivity contribution in [2.45, 2.75) is 37.8 Å². The van der Waals surface area contributed by atoms with Gasteiger partial charge in [-0.05, 0) is 66.8 Å². The Balaban J connectivity index is 1.35. The number of anilines is 1. The molecule has 0 bridgehead atoms. The van der Waals surface area contributed by atoms with Gasteiger partial charge < -0.3 is 15.3 Å². The molecule has 0 spiro atoms. The average molecular weight is 474 g/mol. The van der Waals surface area contributed by atoms with Gasteiger partial charge in [0.2, 0.25) is 0 Å². The fourth-order valence-corrected chi connectivity index (χ4v) is 5.68. The number of nitrogens with zero attached hydrogens (tertiary/aromatic N) is 2. The van der Waals surface area contributed by atoms with Crippen LogP contribution in [0.3, 0.4) is 0 Å². The predicted octanol–water partition coefficient (Wildman–Crippen LogP) is 5.26. The standard InChI is InChI=1S/C29H32FN3O2/c1-20-7-2-3-10-25(20)21-11-13-22(14-12-21)28-26-18-32(15-4-5-16-33(26)27(28)19-34)29(35)31-24-9-6-8-23(30)17-24/h2-3,6-14,17,26-28,34H,4-5,15-16,18-19H2,1H3,(H,31,35)/t26-,27-,28+/m1/s1. The topological polar surface area (TPSA) is 55.8 Å². The van der Waals surface area contributed by atoms with Crippen molar-refractivity contribution in [3.63, 3.8) is 0 Å². The largest absolute Gasteiger partial charge is 0.395 e. The number of rotatable bonds is 4. The van der Waals surface area contributed by atoms with Gasteiger partial charge in [-0.3, -0.25) is 4.90 Å². The lowest BCUT2D eigenvalue weighted by Crippen LogP contribution is -2.68. The summed E-state index contributed by atoms with van der Waals surface area (Å²) in [6.07, 6.45) is 1.86. The van der Waals surface area contributed by atoms with E-state index in [0.717, 1.165) is 19.4 Å². The number of amides is 2. The highest BCUT2D eigenvalue weighted by molar-refractivity contribution is 5.89. The first-order valence-corrected chi connectivity index (χ1v) is 12.4. The van der Waals surface area contributed by atoms with E-state index in [-0.39, 0.29) is 36.5 Å². The Morgan fingerprint density at radius 2 is 1.80 bits per heavy atom. The second-order valence-corrected chi connectivity index (χ2v) is 9.61. The predicted molar refractivity (Wildman–Crippen MR) is 137 cm³/mol. The number of fused-ring (bicyclic) bond motifs is 1. The van der Waals surface area contributed by atoms with Crippen LogP contribution in [0.15, 0.2) is 72.8 Å². The minimum absolute atomic E-state index is 0.0514. The van der Waals surface area contributed by atoms with Gasteiger partial charge in [-0.1, -0.05) is 54.6 Å². The van der Waals surface area contributed by atoms with Crippen LogP contribution in [-0.2, 0) is 0 Å². The SMILES string of the molecule is Cc1ccccc1-c1ccc([C@@H]2[C@@H](CO)N3CCCCN(C(=O)Nc4cccc(F)c4)C[C@H]23)cc1. The molecule has 0 saturated carbocycles. The van der Waals surface area contributed by atoms with Gasteiger partial charge in [0.25, 0.3) is 0 Å². The van der Waals surface area contributed by atoms with E-state index < -0.39 is 0 Å². The Hall–Kier alpha value is -3.22. The average Bonchev–Trinajstić information content (AvgIpc) is 2.84. The van der Waals surface area contributed by atoms with Gasteiger partial charge in [-0.25, -0.2) is 9.18 Å². The van der Waals surface area contributed by atoms with Gasteiger partial charge in [-0.2, -0.15) is 0 Å². The molecular weight excluding hydrogens is 441 g/mol. The van der Waals surface area contributed by atoms with E-state index in [9.17, 15) is 14.3 Å². The number of hydrogen-bond donors (Lipinski definition) is 2. The summed E-state index contributed by atoms with van der Waals surface area (Å²) in [5.74, 6) is -0.228. The molecule has 3 aromatic carbocycles. The molecule has 0 radical (unpaired) electrons. The summed E-state index contributed by atoms with van der Waals surface area (Å²) in [5.41, 5.74) is 5.28. The first-order valence-electron chi connectivity index (χ1n) is 12.4. The Morgan fingerprint density at radius 3 is 2.54 bits per heavy atom. The molecule has 3 atom stereocenters. The quantitative estimate of drug-likeness (QED) is 0.544. The van der Waals surface area contributed by atoms with Gasteiger partial charge >= 0.3 is 6.03 Å². The molecule has 2 heterocycles. The third kappa shape index (κ3) is 4.81. The van der Waals surface area contributed by atoms with E-state index in [2.05, 4.69) is 59.6 Å². The van der Waals surface area contributed by atoms with Crippen LogP contribution in [0.4, 0.5) is 14.9 Å². The molecule has 3 aromatic rings. The van der Waals surface area contributed by atoms with Crippen molar-refractivity contribution in [2.24, 2.45) is 0 Å². The molecule has 182 valence electrons. The molecule has 2 saturated heterocycles. The van der Waals surface area contributed by atoms with Crippen molar-refractivity contribution >= 4 is 11.7 Å². The Kier molecular flexibility index (Phi) is 6.84. The van der Waals surface area contributed by atoms with Crippen LogP contribution in [0.5, 0.6) is 0 Å². The lowest BCUT2D eigenvalue weighted by Gasteiger charge is -2.57. The van der Waals surface area contributed by atoms with Crippen molar-refractivity contribution in [3.05, 3.63) is 89.7 Å². The summed E-state index contributed by atoms with van der Waals surface area (Å²) in [7, 11) is 0. The van der Waals surface area contributed by atoms with Gasteiger partial charge in [0.15, 0.2) is 0 Å². The Labute approximate surface area is 206 Å². The van der Waals surface area contributed by atoms with Crippen molar-refractivity contribution in [1.82, 2.24) is 9.80 Å². The summed E-state index contributed by atoms with van der Waals surface area (Å²) in [6, 6.07) is 23.0. The molecule has 35 heavy (non-hydrogen) atoms. The summed E-state index contributed by atoms with van der Waals surface area (Å²) in [4.78, 5) is 17.3. The van der Waals surface area contributed by atoms with Gasteiger partial charge in [-0.15, -0.1) is 0 Å². The van der Waals surface area contributed by atoms with Crippen LogP contribution in [0.2, 0.25) is 0 Å². The second kappa shape index (κ2) is 10.2. The fraction of sp³-hybridized carbons (Fsp3) is 0.345. The van der Waals surface area contributed by atoms with E-state index in [1.807, 2.05) is 11.0 Å². The maximum atomic E-state index is 13.6. The zero-order chi connectivity index (χ0) is 24.4. The number of aliphatic hydroxyl groups excluding tert-OH is 1. The molecule has 2 aliphatic rings. The van der Waals surface area contributed by atoms with Crippen LogP contribution in [0, 0.1) is 12.7 Å². The Morgan fingerprint density at radius 1 is 1.03 bits per heavy atom. The van der Waals surface area contributed by atoms with E-state index in [4.69, 9.17) is 0 Å². The molecule has 0 unspecified atom stereocenters. The van der Waals surface area contributed by atoms with Crippen molar-refractivity contribution in [2.75, 3.05) is 31.6 Å². The first kappa shape index (κ1) is 23.5. The third-order valence-corrected chi connectivity index (χ3v) is 7.48. The number of hydrogen-bond acceptors (Lipinski definition) is 3. The van der Waals surface area contributed by atoms with E-state index in [1.54, 1.807) is 12.1 Å². The molecule has 2 fully saturated rings. The monoisotopic (exact) mass is 473 g/mol. The maximum absolute atomic E-state index is 13.6. The molecular formula is C29H32FN3O2. The third-order valence-electron chi connectivity index (χ3n) is 7.48. The number of halogens is 1. The minimum Gasteiger partial charge on any atom is -0.395 e. The smallest absolute Gasteiger partial charge is 0.321 e. The zero-order valence-electron chi connectivity index (χ0n) is 20.0. The molecule has 2 N–H and O–H groups in total. The fourth-order valence-electron chi connectivity index (χ4n) is 5.68. The summed E-state index contributed by atoms with van der Waals surface area (Å²) < 4.78 is 13.6. The molecule has 2 amide bonds. The summed E-state index contributed by atoms with van der Waals surface area (Å²) in [5, 5.41) is 13.1. The molecule has 0 aliphatic carbocycles. The number of carbonyl (C=O) groups is 1. The number of benzene rings is 3. The maximum Gasteiger partial charge on any atom is 0.321 e. The van der Waals surface area contributed by atoms with Gasteiger partial charge in [0, 0.05) is 36.8 Å². The van der Waals surface area contributed by atoms with Crippen molar-refractivity contribution in [1.29, 1.82) is 0 Å². The molecule has 2 aliphatic heterocycles. The number of nitrogens with one attached hydrogen (secondary N) is 1. The van der Waals surface area contributed by atoms with Crippen LogP contribution in [0.25, 0.3) is 11.1 Å². The van der Waals surface area contributed by atoms with E-state index >= 15 is 0 Å². The van der Waals surface area contributed by atoms with Crippen LogP contribution in [0.1, 0.15) is 29.9 Å². The summed E-state index contributed by atoms with van der Waals surface area (Å²) >= 11 is 0. The number of aliphatic hydroxyl groups is 1. The number of urea groups is 1. The molecule has 5 nitrogen and oxygen atoms in total. The second-order valence-electron chi connectivity index (χ2n) is 9.61. The molecule has 6 heteroatoms. The van der Waals surface area contributed by atoms with Crippen LogP contribution < -0.4 is 5.32 Å². The normalized spacial score (nSPS) is 22.5. The summed E-state index contributed by atoms with van der Waals surface area (Å²) in [6.45, 7) is 4.37. The minimum atomic E-state index is -0.374.